The number of likely N-dealkylation sites (tertiary alicyclic amines) is 1. The number of hydrogen-bond donors (Lipinski definition) is 1. The number of piperazine rings is 3. The van der Waals surface area contributed by atoms with E-state index in [4.69, 9.17) is 9.73 Å². The van der Waals surface area contributed by atoms with Gasteiger partial charge in [0.15, 0.2) is 5.96 Å². The van der Waals surface area contributed by atoms with Crippen LogP contribution in [0, 0.1) is 5.92 Å². The fraction of sp³-hybridized carbons (Fsp3) is 0.889. The minimum Gasteiger partial charge on any atom is -0.466 e. The molecule has 4 aliphatic heterocycles. The number of carbonyl (C=O) groups excluding carboxylic acids is 1. The Balaban J connectivity index is 1.53. The summed E-state index contributed by atoms with van der Waals surface area (Å²) >= 11 is 0. The van der Waals surface area contributed by atoms with Crippen LogP contribution in [0.15, 0.2) is 4.99 Å². The zero-order chi connectivity index (χ0) is 17.6. The molecule has 0 saturated carbocycles. The number of nitrogens with one attached hydrogen (secondary N) is 1. The first-order valence-corrected chi connectivity index (χ1v) is 9.87. The Labute approximate surface area is 151 Å². The number of hydrogen-bond acceptors (Lipinski definition) is 5. The number of rotatable bonds is 5. The van der Waals surface area contributed by atoms with E-state index in [9.17, 15) is 4.79 Å². The molecule has 1 N–H and O–H groups in total. The van der Waals surface area contributed by atoms with Crippen molar-refractivity contribution in [1.29, 1.82) is 0 Å². The highest BCUT2D eigenvalue weighted by Gasteiger charge is 2.32. The summed E-state index contributed by atoms with van der Waals surface area (Å²) in [6.45, 7) is 13.9. The molecule has 1 unspecified atom stereocenters. The Bertz CT molecular complexity index is 468. The predicted octanol–water partition coefficient (Wildman–Crippen LogP) is 0.227. The Morgan fingerprint density at radius 3 is 2.40 bits per heavy atom. The van der Waals surface area contributed by atoms with E-state index in [1.807, 2.05) is 6.92 Å². The second kappa shape index (κ2) is 8.85. The van der Waals surface area contributed by atoms with Gasteiger partial charge in [-0.1, -0.05) is 0 Å². The number of guanidine groups is 1. The van der Waals surface area contributed by atoms with Gasteiger partial charge in [0.05, 0.1) is 19.1 Å². The highest BCUT2D eigenvalue weighted by atomic mass is 16.5. The van der Waals surface area contributed by atoms with E-state index in [0.717, 1.165) is 51.5 Å². The van der Waals surface area contributed by atoms with Crippen LogP contribution in [0.2, 0.25) is 0 Å². The summed E-state index contributed by atoms with van der Waals surface area (Å²) < 4.78 is 5.17. The van der Waals surface area contributed by atoms with Gasteiger partial charge >= 0.3 is 5.97 Å². The van der Waals surface area contributed by atoms with Gasteiger partial charge in [0.25, 0.3) is 0 Å². The maximum absolute atomic E-state index is 11.9. The van der Waals surface area contributed by atoms with E-state index < -0.39 is 0 Å². The molecule has 4 heterocycles. The van der Waals surface area contributed by atoms with Crippen LogP contribution >= 0.6 is 0 Å². The number of esters is 1. The van der Waals surface area contributed by atoms with E-state index in [-0.39, 0.29) is 11.9 Å². The van der Waals surface area contributed by atoms with Crippen LogP contribution in [-0.2, 0) is 9.53 Å². The molecule has 4 aliphatic rings. The molecule has 0 aromatic carbocycles. The molecule has 4 fully saturated rings. The lowest BCUT2D eigenvalue weighted by Gasteiger charge is -2.47. The molecular weight excluding hydrogens is 318 g/mol. The van der Waals surface area contributed by atoms with Gasteiger partial charge in [-0.05, 0) is 26.7 Å². The van der Waals surface area contributed by atoms with Gasteiger partial charge < -0.3 is 15.0 Å². The molecular formula is C18H33N5O2. The molecule has 0 aromatic rings. The summed E-state index contributed by atoms with van der Waals surface area (Å²) in [4.78, 5) is 24.3. The number of carbonyl (C=O) groups is 1. The molecule has 0 radical (unpaired) electrons. The standard InChI is InChI=1S/C18H33N5O2/c1-3-19-18(20-13-16-14-21-9-11-22(16)12-10-21)23-7-5-15(6-8-23)17(24)25-4-2/h15-16H,3-14H2,1-2H3,(H,19,20). The zero-order valence-corrected chi connectivity index (χ0v) is 15.7. The van der Waals surface area contributed by atoms with Gasteiger partial charge in [0, 0.05) is 58.4 Å². The summed E-state index contributed by atoms with van der Waals surface area (Å²) in [7, 11) is 0. The number of piperidine rings is 1. The van der Waals surface area contributed by atoms with Gasteiger partial charge in [0.2, 0.25) is 0 Å². The average molecular weight is 351 g/mol. The Hall–Kier alpha value is -1.34. The van der Waals surface area contributed by atoms with Crippen LogP contribution in [0.1, 0.15) is 26.7 Å². The monoisotopic (exact) mass is 351 g/mol. The van der Waals surface area contributed by atoms with Crippen LogP contribution in [0.4, 0.5) is 0 Å². The van der Waals surface area contributed by atoms with Crippen LogP contribution in [0.3, 0.4) is 0 Å². The van der Waals surface area contributed by atoms with E-state index in [1.165, 1.54) is 26.2 Å². The third-order valence-electron chi connectivity index (χ3n) is 5.59. The van der Waals surface area contributed by atoms with Crippen molar-refractivity contribution in [3.8, 4) is 0 Å². The first-order chi connectivity index (χ1) is 12.2. The topological polar surface area (TPSA) is 60.4 Å². The van der Waals surface area contributed by atoms with Crippen LogP contribution in [0.25, 0.3) is 0 Å². The molecule has 7 heteroatoms. The van der Waals surface area contributed by atoms with Gasteiger partial charge in [-0.15, -0.1) is 0 Å². The second-order valence-corrected chi connectivity index (χ2v) is 7.20. The first-order valence-electron chi connectivity index (χ1n) is 9.87. The van der Waals surface area contributed by atoms with Crippen molar-refractivity contribution in [3.05, 3.63) is 0 Å². The van der Waals surface area contributed by atoms with Crippen molar-refractivity contribution in [3.63, 3.8) is 0 Å². The normalized spacial score (nSPS) is 30.4. The lowest BCUT2D eigenvalue weighted by Crippen LogP contribution is -2.62. The number of ether oxygens (including phenoxy) is 1. The van der Waals surface area contributed by atoms with E-state index >= 15 is 0 Å². The maximum Gasteiger partial charge on any atom is 0.309 e. The molecule has 142 valence electrons. The second-order valence-electron chi connectivity index (χ2n) is 7.20. The van der Waals surface area contributed by atoms with Gasteiger partial charge in [-0.2, -0.15) is 0 Å². The summed E-state index contributed by atoms with van der Waals surface area (Å²) in [6.07, 6.45) is 1.71. The molecule has 1 atom stereocenters. The summed E-state index contributed by atoms with van der Waals surface area (Å²) in [5.41, 5.74) is 0. The molecule has 2 bridgehead atoms. The molecule has 0 aliphatic carbocycles. The molecule has 4 rings (SSSR count). The first kappa shape index (κ1) is 18.5. The van der Waals surface area contributed by atoms with Crippen LogP contribution in [-0.4, -0.2) is 98.2 Å². The summed E-state index contributed by atoms with van der Waals surface area (Å²) in [5, 5.41) is 3.43. The lowest BCUT2D eigenvalue weighted by molar-refractivity contribution is -0.149. The fourth-order valence-electron chi connectivity index (χ4n) is 4.10. The molecule has 0 amide bonds. The lowest BCUT2D eigenvalue weighted by atomic mass is 9.97. The quantitative estimate of drug-likeness (QED) is 0.435. The van der Waals surface area contributed by atoms with Gasteiger partial charge in [-0.3, -0.25) is 19.6 Å². The molecule has 25 heavy (non-hydrogen) atoms. The van der Waals surface area contributed by atoms with Crippen molar-refractivity contribution >= 4 is 11.9 Å². The molecule has 7 nitrogen and oxygen atoms in total. The van der Waals surface area contributed by atoms with E-state index in [0.29, 0.717) is 12.6 Å². The number of fused-ring (bicyclic) bond motifs is 3. The predicted molar refractivity (Wildman–Crippen MR) is 98.7 cm³/mol. The van der Waals surface area contributed by atoms with Gasteiger partial charge in [0.1, 0.15) is 0 Å². The van der Waals surface area contributed by atoms with Crippen molar-refractivity contribution in [1.82, 2.24) is 20.0 Å². The third kappa shape index (κ3) is 4.64. The largest absolute Gasteiger partial charge is 0.466 e. The number of aliphatic imine (C=N–C) groups is 1. The van der Waals surface area contributed by atoms with Crippen molar-refractivity contribution in [2.75, 3.05) is 65.5 Å². The van der Waals surface area contributed by atoms with E-state index in [2.05, 4.69) is 26.9 Å². The van der Waals surface area contributed by atoms with Crippen molar-refractivity contribution in [2.45, 2.75) is 32.7 Å². The maximum atomic E-state index is 11.9. The zero-order valence-electron chi connectivity index (χ0n) is 15.7. The summed E-state index contributed by atoms with van der Waals surface area (Å²) in [6, 6.07) is 0.549. The minimum atomic E-state index is -0.0378. The smallest absolute Gasteiger partial charge is 0.309 e. The van der Waals surface area contributed by atoms with E-state index in [1.54, 1.807) is 0 Å². The SMILES string of the molecule is CCNC(=NCC1CN2CCN1CC2)N1CCC(C(=O)OCC)CC1. The van der Waals surface area contributed by atoms with Crippen molar-refractivity contribution in [2.24, 2.45) is 10.9 Å². The fourth-order valence-corrected chi connectivity index (χ4v) is 4.10. The third-order valence-corrected chi connectivity index (χ3v) is 5.59. The minimum absolute atomic E-state index is 0.0378. The molecule has 0 aromatic heterocycles. The molecule has 4 saturated heterocycles. The molecule has 0 spiro atoms. The number of nitrogens with zero attached hydrogens (tertiary/aromatic N) is 4. The Kier molecular flexibility index (Phi) is 6.53. The van der Waals surface area contributed by atoms with Gasteiger partial charge in [-0.25, -0.2) is 0 Å². The van der Waals surface area contributed by atoms with Crippen LogP contribution in [0.5, 0.6) is 0 Å². The Morgan fingerprint density at radius 2 is 1.84 bits per heavy atom. The highest BCUT2D eigenvalue weighted by Crippen LogP contribution is 2.19. The highest BCUT2D eigenvalue weighted by molar-refractivity contribution is 5.80. The average Bonchev–Trinajstić information content (AvgIpc) is 2.66. The van der Waals surface area contributed by atoms with Crippen LogP contribution < -0.4 is 5.32 Å². The Morgan fingerprint density at radius 1 is 1.12 bits per heavy atom. The summed E-state index contributed by atoms with van der Waals surface area (Å²) in [5.74, 6) is 1.01. The van der Waals surface area contributed by atoms with Crippen molar-refractivity contribution < 1.29 is 9.53 Å².